The summed E-state index contributed by atoms with van der Waals surface area (Å²) >= 11 is 0. The van der Waals surface area contributed by atoms with Gasteiger partial charge < -0.3 is 4.42 Å². The number of hydrogen-bond acceptors (Lipinski definition) is 5. The van der Waals surface area contributed by atoms with Gasteiger partial charge in [-0.3, -0.25) is 9.69 Å². The molecule has 0 bridgehead atoms. The first-order valence-electron chi connectivity index (χ1n) is 8.14. The standard InChI is InChI=1S/C17H24N4O2/c1-17(2,3)14-6-7-16(22)21(19-14)11-13-5-4-9-20(13)12-15-18-8-10-23-15/h6-8,10,13H,4-5,9,11-12H2,1-3H3. The molecule has 2 aromatic heterocycles. The van der Waals surface area contributed by atoms with Crippen LogP contribution in [0, 0.1) is 0 Å². The molecule has 0 aliphatic carbocycles. The molecule has 2 aromatic rings. The second-order valence-corrected chi connectivity index (χ2v) is 7.18. The fourth-order valence-corrected chi connectivity index (χ4v) is 2.99. The van der Waals surface area contributed by atoms with Gasteiger partial charge in [-0.25, -0.2) is 9.67 Å². The Hall–Kier alpha value is -1.95. The molecule has 1 unspecified atom stereocenters. The molecule has 1 fully saturated rings. The van der Waals surface area contributed by atoms with Gasteiger partial charge in [0.15, 0.2) is 0 Å². The van der Waals surface area contributed by atoms with Crippen LogP contribution in [0.1, 0.15) is 45.2 Å². The average Bonchev–Trinajstić information content (AvgIpc) is 3.13. The van der Waals surface area contributed by atoms with Crippen molar-refractivity contribution in [1.29, 1.82) is 0 Å². The van der Waals surface area contributed by atoms with Gasteiger partial charge in [0.25, 0.3) is 5.56 Å². The molecular formula is C17H24N4O2. The predicted molar refractivity (Wildman–Crippen MR) is 87.1 cm³/mol. The van der Waals surface area contributed by atoms with Crippen LogP contribution in [-0.4, -0.2) is 32.3 Å². The SMILES string of the molecule is CC(C)(C)c1ccc(=O)n(CC2CCCN2Cc2ncco2)n1. The second kappa shape index (κ2) is 6.28. The topological polar surface area (TPSA) is 64.2 Å². The highest BCUT2D eigenvalue weighted by atomic mass is 16.3. The lowest BCUT2D eigenvalue weighted by atomic mass is 9.92. The fourth-order valence-electron chi connectivity index (χ4n) is 2.99. The maximum atomic E-state index is 12.2. The van der Waals surface area contributed by atoms with E-state index < -0.39 is 0 Å². The molecule has 6 nitrogen and oxygen atoms in total. The molecule has 124 valence electrons. The summed E-state index contributed by atoms with van der Waals surface area (Å²) in [5.74, 6) is 0.723. The zero-order chi connectivity index (χ0) is 16.4. The van der Waals surface area contributed by atoms with Gasteiger partial charge in [0.1, 0.15) is 6.26 Å². The van der Waals surface area contributed by atoms with Gasteiger partial charge in [-0.05, 0) is 25.5 Å². The molecule has 1 aliphatic rings. The quantitative estimate of drug-likeness (QED) is 0.865. The van der Waals surface area contributed by atoms with Crippen molar-refractivity contribution in [3.05, 3.63) is 46.5 Å². The normalized spacial score (nSPS) is 19.3. The molecule has 0 amide bonds. The third-order valence-electron chi connectivity index (χ3n) is 4.34. The maximum Gasteiger partial charge on any atom is 0.266 e. The molecule has 6 heteroatoms. The molecule has 0 radical (unpaired) electrons. The minimum absolute atomic E-state index is 0.0408. The van der Waals surface area contributed by atoms with Gasteiger partial charge in [0.05, 0.1) is 25.0 Å². The number of nitrogens with zero attached hydrogens (tertiary/aromatic N) is 4. The zero-order valence-electron chi connectivity index (χ0n) is 14.0. The molecular weight excluding hydrogens is 292 g/mol. The van der Waals surface area contributed by atoms with Crippen LogP contribution in [-0.2, 0) is 18.5 Å². The van der Waals surface area contributed by atoms with Crippen molar-refractivity contribution in [1.82, 2.24) is 19.7 Å². The number of hydrogen-bond donors (Lipinski definition) is 0. The van der Waals surface area contributed by atoms with Crippen molar-refractivity contribution < 1.29 is 4.42 Å². The number of rotatable bonds is 4. The van der Waals surface area contributed by atoms with Gasteiger partial charge in [-0.1, -0.05) is 20.8 Å². The predicted octanol–water partition coefficient (Wildman–Crippen LogP) is 2.19. The maximum absolute atomic E-state index is 12.2. The number of oxazole rings is 1. The minimum atomic E-state index is -0.0666. The average molecular weight is 316 g/mol. The molecule has 3 rings (SSSR count). The largest absolute Gasteiger partial charge is 0.448 e. The molecule has 23 heavy (non-hydrogen) atoms. The highest BCUT2D eigenvalue weighted by molar-refractivity contribution is 5.10. The number of likely N-dealkylation sites (tertiary alicyclic amines) is 1. The lowest BCUT2D eigenvalue weighted by Gasteiger charge is -2.24. The first kappa shape index (κ1) is 15.9. The van der Waals surface area contributed by atoms with Crippen molar-refractivity contribution in [3.63, 3.8) is 0 Å². The van der Waals surface area contributed by atoms with E-state index in [2.05, 4.69) is 35.8 Å². The Balaban J connectivity index is 1.76. The monoisotopic (exact) mass is 316 g/mol. The molecule has 0 aromatic carbocycles. The van der Waals surface area contributed by atoms with E-state index in [9.17, 15) is 4.79 Å². The van der Waals surface area contributed by atoms with Crippen LogP contribution < -0.4 is 5.56 Å². The fraction of sp³-hybridized carbons (Fsp3) is 0.588. The van der Waals surface area contributed by atoms with Crippen LogP contribution >= 0.6 is 0 Å². The Labute approximate surface area is 136 Å². The smallest absolute Gasteiger partial charge is 0.266 e. The van der Waals surface area contributed by atoms with E-state index in [0.29, 0.717) is 19.1 Å². The Morgan fingerprint density at radius 1 is 1.35 bits per heavy atom. The van der Waals surface area contributed by atoms with Crippen molar-refractivity contribution >= 4 is 0 Å². The van der Waals surface area contributed by atoms with Crippen LogP contribution in [0.15, 0.2) is 33.8 Å². The summed E-state index contributed by atoms with van der Waals surface area (Å²) in [4.78, 5) is 18.7. The Morgan fingerprint density at radius 2 is 2.17 bits per heavy atom. The first-order valence-corrected chi connectivity index (χ1v) is 8.14. The molecule has 0 N–H and O–H groups in total. The minimum Gasteiger partial charge on any atom is -0.448 e. The molecule has 1 atom stereocenters. The van der Waals surface area contributed by atoms with Gasteiger partial charge in [-0.15, -0.1) is 0 Å². The van der Waals surface area contributed by atoms with Gasteiger partial charge >= 0.3 is 0 Å². The van der Waals surface area contributed by atoms with Crippen LogP contribution in [0.5, 0.6) is 0 Å². The summed E-state index contributed by atoms with van der Waals surface area (Å²) in [6.45, 7) is 8.62. The Bertz CT molecular complexity index is 700. The molecule has 3 heterocycles. The summed E-state index contributed by atoms with van der Waals surface area (Å²) in [5, 5.41) is 4.58. The van der Waals surface area contributed by atoms with Crippen molar-refractivity contribution in [2.45, 2.75) is 58.2 Å². The van der Waals surface area contributed by atoms with Crippen molar-refractivity contribution in [2.75, 3.05) is 6.54 Å². The third kappa shape index (κ3) is 3.69. The van der Waals surface area contributed by atoms with E-state index in [1.807, 2.05) is 6.07 Å². The van der Waals surface area contributed by atoms with E-state index in [0.717, 1.165) is 31.0 Å². The highest BCUT2D eigenvalue weighted by Gasteiger charge is 2.27. The summed E-state index contributed by atoms with van der Waals surface area (Å²) in [7, 11) is 0. The molecule has 1 saturated heterocycles. The van der Waals surface area contributed by atoms with E-state index in [1.165, 1.54) is 0 Å². The van der Waals surface area contributed by atoms with Crippen LogP contribution in [0.3, 0.4) is 0 Å². The summed E-state index contributed by atoms with van der Waals surface area (Å²) < 4.78 is 6.95. The molecule has 0 spiro atoms. The van der Waals surface area contributed by atoms with E-state index in [1.54, 1.807) is 23.2 Å². The van der Waals surface area contributed by atoms with Gasteiger partial charge in [-0.2, -0.15) is 5.10 Å². The van der Waals surface area contributed by atoms with Crippen molar-refractivity contribution in [2.24, 2.45) is 0 Å². The third-order valence-corrected chi connectivity index (χ3v) is 4.34. The lowest BCUT2D eigenvalue weighted by Crippen LogP contribution is -2.37. The van der Waals surface area contributed by atoms with Crippen molar-refractivity contribution in [3.8, 4) is 0 Å². The highest BCUT2D eigenvalue weighted by Crippen LogP contribution is 2.21. The summed E-state index contributed by atoms with van der Waals surface area (Å²) in [5.41, 5.74) is 0.832. The Kier molecular flexibility index (Phi) is 4.35. The van der Waals surface area contributed by atoms with Crippen LogP contribution in [0.25, 0.3) is 0 Å². The van der Waals surface area contributed by atoms with E-state index >= 15 is 0 Å². The van der Waals surface area contributed by atoms with Gasteiger partial charge in [0, 0.05) is 17.5 Å². The summed E-state index contributed by atoms with van der Waals surface area (Å²) in [6.07, 6.45) is 5.45. The van der Waals surface area contributed by atoms with E-state index in [-0.39, 0.29) is 11.0 Å². The summed E-state index contributed by atoms with van der Waals surface area (Å²) in [6, 6.07) is 3.75. The van der Waals surface area contributed by atoms with Crippen LogP contribution in [0.2, 0.25) is 0 Å². The van der Waals surface area contributed by atoms with E-state index in [4.69, 9.17) is 4.42 Å². The second-order valence-electron chi connectivity index (χ2n) is 7.18. The molecule has 1 aliphatic heterocycles. The zero-order valence-corrected chi connectivity index (χ0v) is 14.0. The van der Waals surface area contributed by atoms with Crippen LogP contribution in [0.4, 0.5) is 0 Å². The number of aromatic nitrogens is 3. The lowest BCUT2D eigenvalue weighted by molar-refractivity contribution is 0.197. The first-order chi connectivity index (χ1) is 10.9. The Morgan fingerprint density at radius 3 is 2.87 bits per heavy atom. The van der Waals surface area contributed by atoms with Gasteiger partial charge in [0.2, 0.25) is 5.89 Å². The molecule has 0 saturated carbocycles.